The zero-order chi connectivity index (χ0) is 11.8. The Morgan fingerprint density at radius 2 is 1.60 bits per heavy atom. The molecular formula is C10H11Br2NO2. The summed E-state index contributed by atoms with van der Waals surface area (Å²) in [5, 5.41) is 10.7. The van der Waals surface area contributed by atoms with E-state index in [1.807, 2.05) is 0 Å². The summed E-state index contributed by atoms with van der Waals surface area (Å²) < 4.78 is 1.01. The van der Waals surface area contributed by atoms with E-state index in [0.29, 0.717) is 8.95 Å². The van der Waals surface area contributed by atoms with Crippen LogP contribution in [0.15, 0.2) is 21.1 Å². The summed E-state index contributed by atoms with van der Waals surface area (Å²) in [4.78, 5) is 10.3. The Labute approximate surface area is 105 Å². The number of nitro benzene ring substituents is 1. The van der Waals surface area contributed by atoms with Crippen LogP contribution in [0.5, 0.6) is 0 Å². The number of hydrogen-bond acceptors (Lipinski definition) is 2. The van der Waals surface area contributed by atoms with Crippen LogP contribution in [0.25, 0.3) is 0 Å². The van der Waals surface area contributed by atoms with Crippen molar-refractivity contribution in [3.63, 3.8) is 0 Å². The first-order chi connectivity index (χ1) is 6.73. The summed E-state index contributed by atoms with van der Waals surface area (Å²) in [5.74, 6) is 0. The quantitative estimate of drug-likeness (QED) is 0.563. The highest BCUT2D eigenvalue weighted by Gasteiger charge is 2.22. The predicted octanol–water partition coefficient (Wildman–Crippen LogP) is 4.42. The van der Waals surface area contributed by atoms with Gasteiger partial charge in [0.25, 0.3) is 5.69 Å². The molecular weight excluding hydrogens is 326 g/mol. The molecule has 0 fully saturated rings. The first kappa shape index (κ1) is 12.6. The average Bonchev–Trinajstić information content (AvgIpc) is 1.99. The zero-order valence-corrected chi connectivity index (χ0v) is 11.8. The third-order valence-electron chi connectivity index (χ3n) is 2.07. The fourth-order valence-corrected chi connectivity index (χ4v) is 2.65. The molecule has 0 unspecified atom stereocenters. The third-order valence-corrected chi connectivity index (χ3v) is 3.27. The van der Waals surface area contributed by atoms with Crippen molar-refractivity contribution >= 4 is 37.5 Å². The van der Waals surface area contributed by atoms with E-state index in [1.54, 1.807) is 12.1 Å². The average molecular weight is 337 g/mol. The van der Waals surface area contributed by atoms with Crippen molar-refractivity contribution in [3.8, 4) is 0 Å². The molecule has 5 heteroatoms. The molecule has 1 aromatic rings. The van der Waals surface area contributed by atoms with Gasteiger partial charge in [-0.3, -0.25) is 10.1 Å². The van der Waals surface area contributed by atoms with Crippen molar-refractivity contribution < 1.29 is 4.92 Å². The molecule has 1 aromatic carbocycles. The Balaban J connectivity index is 3.39. The van der Waals surface area contributed by atoms with E-state index in [-0.39, 0.29) is 11.1 Å². The lowest BCUT2D eigenvalue weighted by atomic mass is 9.87. The lowest BCUT2D eigenvalue weighted by molar-refractivity contribution is -0.386. The molecule has 0 aliphatic heterocycles. The van der Waals surface area contributed by atoms with Crippen molar-refractivity contribution in [2.24, 2.45) is 0 Å². The van der Waals surface area contributed by atoms with E-state index in [1.165, 1.54) is 0 Å². The highest BCUT2D eigenvalue weighted by Crippen LogP contribution is 2.37. The summed E-state index contributed by atoms with van der Waals surface area (Å²) in [5.41, 5.74) is 1.09. The maximum Gasteiger partial charge on any atom is 0.297 e. The third kappa shape index (κ3) is 2.78. The molecule has 0 N–H and O–H groups in total. The molecule has 0 atom stereocenters. The Morgan fingerprint density at radius 3 is 1.87 bits per heavy atom. The van der Waals surface area contributed by atoms with Gasteiger partial charge in [0.1, 0.15) is 0 Å². The van der Waals surface area contributed by atoms with Crippen molar-refractivity contribution in [2.75, 3.05) is 0 Å². The van der Waals surface area contributed by atoms with Crippen LogP contribution in [0.2, 0.25) is 0 Å². The first-order valence-corrected chi connectivity index (χ1v) is 5.96. The minimum absolute atomic E-state index is 0.0276. The summed E-state index contributed by atoms with van der Waals surface area (Å²) in [7, 11) is 0. The Kier molecular flexibility index (Phi) is 3.55. The molecule has 0 saturated carbocycles. The lowest BCUT2D eigenvalue weighted by Crippen LogP contribution is -2.11. The summed E-state index contributed by atoms with van der Waals surface area (Å²) in [6, 6.07) is 3.59. The second-order valence-corrected chi connectivity index (χ2v) is 6.00. The molecule has 0 bridgehead atoms. The van der Waals surface area contributed by atoms with Gasteiger partial charge in [0.05, 0.1) is 13.9 Å². The topological polar surface area (TPSA) is 43.1 Å². The minimum atomic E-state index is -0.402. The molecule has 82 valence electrons. The van der Waals surface area contributed by atoms with Gasteiger partial charge < -0.3 is 0 Å². The van der Waals surface area contributed by atoms with Gasteiger partial charge >= 0.3 is 0 Å². The second kappa shape index (κ2) is 4.22. The Morgan fingerprint density at radius 1 is 1.20 bits per heavy atom. The van der Waals surface area contributed by atoms with Gasteiger partial charge in [-0.2, -0.15) is 0 Å². The summed E-state index contributed by atoms with van der Waals surface area (Å²) in [6.07, 6.45) is 0. The van der Waals surface area contributed by atoms with Gasteiger partial charge in [-0.25, -0.2) is 0 Å². The van der Waals surface area contributed by atoms with E-state index in [0.717, 1.165) is 5.56 Å². The van der Waals surface area contributed by atoms with Gasteiger partial charge in [0.2, 0.25) is 0 Å². The summed E-state index contributed by atoms with van der Waals surface area (Å²) >= 11 is 6.44. The second-order valence-electron chi connectivity index (χ2n) is 4.30. The van der Waals surface area contributed by atoms with Crippen LogP contribution in [0.4, 0.5) is 5.69 Å². The molecule has 15 heavy (non-hydrogen) atoms. The largest absolute Gasteiger partial charge is 0.297 e. The normalized spacial score (nSPS) is 11.5. The number of hydrogen-bond donors (Lipinski definition) is 0. The molecule has 0 amide bonds. The molecule has 0 radical (unpaired) electrons. The first-order valence-electron chi connectivity index (χ1n) is 4.37. The molecule has 0 spiro atoms. The van der Waals surface area contributed by atoms with E-state index in [2.05, 4.69) is 52.6 Å². The van der Waals surface area contributed by atoms with E-state index in [9.17, 15) is 10.1 Å². The molecule has 0 saturated heterocycles. The lowest BCUT2D eigenvalue weighted by Gasteiger charge is -2.19. The standard InChI is InChI=1S/C10H11Br2NO2/c1-10(2,3)6-4-7(11)9(13(14)15)8(12)5-6/h4-5H,1-3H3. The number of benzene rings is 1. The molecule has 1 rings (SSSR count). The SMILES string of the molecule is CC(C)(C)c1cc(Br)c([N+](=O)[O-])c(Br)c1. The smallest absolute Gasteiger partial charge is 0.258 e. The van der Waals surface area contributed by atoms with Crippen LogP contribution < -0.4 is 0 Å². The van der Waals surface area contributed by atoms with Crippen LogP contribution >= 0.6 is 31.9 Å². The van der Waals surface area contributed by atoms with Gasteiger partial charge in [0, 0.05) is 0 Å². The van der Waals surface area contributed by atoms with Crippen LogP contribution in [-0.4, -0.2) is 4.92 Å². The van der Waals surface area contributed by atoms with Crippen LogP contribution in [0.3, 0.4) is 0 Å². The Bertz CT molecular complexity index is 387. The molecule has 0 aliphatic carbocycles. The van der Waals surface area contributed by atoms with E-state index in [4.69, 9.17) is 0 Å². The zero-order valence-electron chi connectivity index (χ0n) is 8.67. The van der Waals surface area contributed by atoms with Gasteiger partial charge in [-0.15, -0.1) is 0 Å². The fourth-order valence-electron chi connectivity index (χ4n) is 1.17. The van der Waals surface area contributed by atoms with E-state index < -0.39 is 4.92 Å². The number of rotatable bonds is 1. The van der Waals surface area contributed by atoms with Crippen LogP contribution in [0.1, 0.15) is 26.3 Å². The molecule has 0 aromatic heterocycles. The fraction of sp³-hybridized carbons (Fsp3) is 0.400. The van der Waals surface area contributed by atoms with Crippen LogP contribution in [0, 0.1) is 10.1 Å². The van der Waals surface area contributed by atoms with Gasteiger partial charge in [0.15, 0.2) is 0 Å². The maximum atomic E-state index is 10.7. The van der Waals surface area contributed by atoms with Crippen molar-refractivity contribution in [1.82, 2.24) is 0 Å². The number of halogens is 2. The monoisotopic (exact) mass is 335 g/mol. The molecule has 0 heterocycles. The summed E-state index contributed by atoms with van der Waals surface area (Å²) in [6.45, 7) is 6.19. The molecule has 3 nitrogen and oxygen atoms in total. The number of nitrogens with zero attached hydrogens (tertiary/aromatic N) is 1. The van der Waals surface area contributed by atoms with Gasteiger partial charge in [-0.05, 0) is 55.0 Å². The Hall–Kier alpha value is -0.420. The van der Waals surface area contributed by atoms with Crippen LogP contribution in [-0.2, 0) is 5.41 Å². The van der Waals surface area contributed by atoms with E-state index >= 15 is 0 Å². The highest BCUT2D eigenvalue weighted by atomic mass is 79.9. The van der Waals surface area contributed by atoms with Crippen molar-refractivity contribution in [3.05, 3.63) is 36.8 Å². The number of nitro groups is 1. The predicted molar refractivity (Wildman–Crippen MR) is 67.2 cm³/mol. The minimum Gasteiger partial charge on any atom is -0.258 e. The van der Waals surface area contributed by atoms with Crippen molar-refractivity contribution in [2.45, 2.75) is 26.2 Å². The van der Waals surface area contributed by atoms with Crippen molar-refractivity contribution in [1.29, 1.82) is 0 Å². The highest BCUT2D eigenvalue weighted by molar-refractivity contribution is 9.11. The maximum absolute atomic E-state index is 10.7. The van der Waals surface area contributed by atoms with Gasteiger partial charge in [-0.1, -0.05) is 20.8 Å². The molecule has 0 aliphatic rings.